The molecule has 0 bridgehead atoms. The first-order valence-electron chi connectivity index (χ1n) is 5.23. The van der Waals surface area contributed by atoms with E-state index in [1.54, 1.807) is 5.51 Å². The van der Waals surface area contributed by atoms with Crippen molar-refractivity contribution in [2.24, 2.45) is 5.73 Å². The molecule has 90 valence electrons. The molecule has 0 aliphatic carbocycles. The molecule has 3 rings (SSSR count). The minimum Gasteiger partial charge on any atom is -0.364 e. The second-order valence-corrected chi connectivity index (χ2v) is 5.58. The molecule has 2 aromatic heterocycles. The molecule has 0 fully saturated rings. The first-order chi connectivity index (χ1) is 8.75. The molecule has 0 unspecified atom stereocenters. The highest BCUT2D eigenvalue weighted by Gasteiger charge is 2.18. The predicted octanol–water partition coefficient (Wildman–Crippen LogP) is 2.87. The summed E-state index contributed by atoms with van der Waals surface area (Å²) in [6.45, 7) is 0. The van der Waals surface area contributed by atoms with Gasteiger partial charge in [-0.1, -0.05) is 30.0 Å². The minimum absolute atomic E-state index is 0.429. The normalized spacial score (nSPS) is 10.9. The Morgan fingerprint density at radius 3 is 2.83 bits per heavy atom. The summed E-state index contributed by atoms with van der Waals surface area (Å²) in [6.07, 6.45) is 0. The Morgan fingerprint density at radius 2 is 2.11 bits per heavy atom. The maximum absolute atomic E-state index is 11.4. The molecule has 18 heavy (non-hydrogen) atoms. The lowest BCUT2D eigenvalue weighted by molar-refractivity contribution is 0.0993. The summed E-state index contributed by atoms with van der Waals surface area (Å²) in [5.74, 6) is -0.460. The van der Waals surface area contributed by atoms with E-state index in [0.29, 0.717) is 11.3 Å². The molecule has 0 aliphatic heterocycles. The van der Waals surface area contributed by atoms with Gasteiger partial charge in [0.15, 0.2) is 0 Å². The Balaban J connectivity index is 2.11. The van der Waals surface area contributed by atoms with Crippen molar-refractivity contribution in [3.8, 4) is 0 Å². The van der Waals surface area contributed by atoms with E-state index in [-0.39, 0.29) is 0 Å². The van der Waals surface area contributed by atoms with Crippen LogP contribution in [0.3, 0.4) is 0 Å². The van der Waals surface area contributed by atoms with Crippen LogP contribution in [0.4, 0.5) is 0 Å². The highest BCUT2D eigenvalue weighted by atomic mass is 32.2. The summed E-state index contributed by atoms with van der Waals surface area (Å²) in [6, 6.07) is 9.87. The number of rotatable bonds is 3. The average molecular weight is 275 g/mol. The van der Waals surface area contributed by atoms with E-state index in [2.05, 4.69) is 9.97 Å². The molecule has 0 radical (unpaired) electrons. The summed E-state index contributed by atoms with van der Waals surface area (Å²) in [7, 11) is 0. The summed E-state index contributed by atoms with van der Waals surface area (Å²) < 4.78 is 0.970. The average Bonchev–Trinajstić information content (AvgIpc) is 2.93. The number of fused-ring (bicyclic) bond motifs is 1. The number of amides is 1. The van der Waals surface area contributed by atoms with E-state index in [9.17, 15) is 4.79 Å². The summed E-state index contributed by atoms with van der Waals surface area (Å²) in [4.78, 5) is 20.5. The van der Waals surface area contributed by atoms with Gasteiger partial charge in [-0.3, -0.25) is 4.79 Å². The third kappa shape index (κ3) is 1.89. The van der Waals surface area contributed by atoms with Crippen molar-refractivity contribution >= 4 is 39.4 Å². The fraction of sp³-hybridized carbons (Fsp3) is 0. The minimum atomic E-state index is -0.460. The molecule has 0 saturated carbocycles. The van der Waals surface area contributed by atoms with Gasteiger partial charge in [-0.25, -0.2) is 4.98 Å². The van der Waals surface area contributed by atoms with E-state index in [1.807, 2.05) is 30.3 Å². The summed E-state index contributed by atoms with van der Waals surface area (Å²) >= 11 is 3.02. The van der Waals surface area contributed by atoms with Crippen molar-refractivity contribution in [2.75, 3.05) is 0 Å². The van der Waals surface area contributed by atoms with Gasteiger partial charge in [0, 0.05) is 4.90 Å². The first-order valence-corrected chi connectivity index (χ1v) is 6.93. The number of hydrogen-bond acceptors (Lipinski definition) is 4. The number of carbonyl (C=O) groups is 1. The lowest BCUT2D eigenvalue weighted by atomic mass is 10.4. The third-order valence-corrected chi connectivity index (χ3v) is 4.55. The van der Waals surface area contributed by atoms with Crippen molar-refractivity contribution in [1.29, 1.82) is 0 Å². The second kappa shape index (κ2) is 4.47. The van der Waals surface area contributed by atoms with Crippen LogP contribution < -0.4 is 5.73 Å². The Labute approximate surface area is 111 Å². The number of primary amides is 1. The number of nitrogens with two attached hydrogens (primary N) is 1. The van der Waals surface area contributed by atoms with Crippen LogP contribution in [0.25, 0.3) is 10.3 Å². The summed E-state index contributed by atoms with van der Waals surface area (Å²) in [5, 5.41) is 0. The van der Waals surface area contributed by atoms with Gasteiger partial charge in [0.05, 0.1) is 15.1 Å². The highest BCUT2D eigenvalue weighted by molar-refractivity contribution is 7.99. The van der Waals surface area contributed by atoms with Gasteiger partial charge < -0.3 is 10.7 Å². The largest absolute Gasteiger partial charge is 0.364 e. The monoisotopic (exact) mass is 275 g/mol. The predicted molar refractivity (Wildman–Crippen MR) is 73.1 cm³/mol. The topological polar surface area (TPSA) is 71.8 Å². The zero-order valence-electron chi connectivity index (χ0n) is 9.21. The Hall–Kier alpha value is -1.79. The van der Waals surface area contributed by atoms with Gasteiger partial charge in [-0.15, -0.1) is 11.3 Å². The third-order valence-electron chi connectivity index (χ3n) is 2.45. The molecule has 0 atom stereocenters. The number of aromatic amines is 1. The van der Waals surface area contributed by atoms with Crippen LogP contribution in [-0.4, -0.2) is 15.9 Å². The van der Waals surface area contributed by atoms with Crippen LogP contribution >= 0.6 is 23.1 Å². The van der Waals surface area contributed by atoms with E-state index >= 15 is 0 Å². The molecule has 6 heteroatoms. The maximum atomic E-state index is 11.4. The van der Waals surface area contributed by atoms with Crippen molar-refractivity contribution in [3.63, 3.8) is 0 Å². The molecule has 3 N–H and O–H groups in total. The van der Waals surface area contributed by atoms with E-state index < -0.39 is 5.91 Å². The van der Waals surface area contributed by atoms with Gasteiger partial charge in [-0.05, 0) is 12.1 Å². The number of H-pyrrole nitrogens is 1. The van der Waals surface area contributed by atoms with Gasteiger partial charge in [0.2, 0.25) is 0 Å². The zero-order chi connectivity index (χ0) is 12.5. The molecule has 0 aliphatic rings. The van der Waals surface area contributed by atoms with Crippen molar-refractivity contribution < 1.29 is 4.79 Å². The zero-order valence-corrected chi connectivity index (χ0v) is 10.8. The molecule has 1 aromatic carbocycles. The van der Waals surface area contributed by atoms with Crippen molar-refractivity contribution in [2.45, 2.75) is 9.79 Å². The number of aromatic nitrogens is 2. The van der Waals surface area contributed by atoms with Gasteiger partial charge >= 0.3 is 0 Å². The number of nitrogens with one attached hydrogen (secondary N) is 1. The molecule has 2 heterocycles. The number of thiazole rings is 1. The van der Waals surface area contributed by atoms with Crippen LogP contribution in [-0.2, 0) is 0 Å². The number of benzene rings is 1. The van der Waals surface area contributed by atoms with Crippen LogP contribution in [0.2, 0.25) is 0 Å². The van der Waals surface area contributed by atoms with Crippen molar-refractivity contribution in [3.05, 3.63) is 41.5 Å². The van der Waals surface area contributed by atoms with Gasteiger partial charge in [0.1, 0.15) is 11.3 Å². The van der Waals surface area contributed by atoms with Gasteiger partial charge in [-0.2, -0.15) is 0 Å². The summed E-state index contributed by atoms with van der Waals surface area (Å²) in [5.41, 5.74) is 8.28. The number of nitrogens with zero attached hydrogens (tertiary/aromatic N) is 1. The Kier molecular flexibility index (Phi) is 2.81. The SMILES string of the molecule is NC(=O)c1[nH]c2ncsc2c1Sc1ccccc1. The van der Waals surface area contributed by atoms with Crippen LogP contribution in [0.15, 0.2) is 45.6 Å². The van der Waals surface area contributed by atoms with Crippen LogP contribution in [0.1, 0.15) is 10.5 Å². The first kappa shape index (κ1) is 11.3. The maximum Gasteiger partial charge on any atom is 0.266 e. The molecule has 0 spiro atoms. The lowest BCUT2D eigenvalue weighted by Crippen LogP contribution is -2.12. The Morgan fingerprint density at radius 1 is 1.33 bits per heavy atom. The number of carbonyl (C=O) groups excluding carboxylic acids is 1. The van der Waals surface area contributed by atoms with Crippen LogP contribution in [0, 0.1) is 0 Å². The lowest BCUT2D eigenvalue weighted by Gasteiger charge is -2.01. The van der Waals surface area contributed by atoms with Gasteiger partial charge in [0.25, 0.3) is 5.91 Å². The molecule has 4 nitrogen and oxygen atoms in total. The molecule has 1 amide bonds. The fourth-order valence-electron chi connectivity index (χ4n) is 1.66. The number of hydrogen-bond donors (Lipinski definition) is 2. The van der Waals surface area contributed by atoms with E-state index in [0.717, 1.165) is 14.5 Å². The molecule has 3 aromatic rings. The van der Waals surface area contributed by atoms with E-state index in [4.69, 9.17) is 5.73 Å². The van der Waals surface area contributed by atoms with Crippen LogP contribution in [0.5, 0.6) is 0 Å². The fourth-order valence-corrected chi connectivity index (χ4v) is 3.59. The molecular weight excluding hydrogens is 266 g/mol. The quantitative estimate of drug-likeness (QED) is 0.772. The highest BCUT2D eigenvalue weighted by Crippen LogP contribution is 2.37. The standard InChI is InChI=1S/C12H9N3OS2/c13-11(16)8-9(10-12(15-8)14-6-17-10)18-7-4-2-1-3-5-7/h1-6,15H,(H2,13,16). The smallest absolute Gasteiger partial charge is 0.266 e. The van der Waals surface area contributed by atoms with E-state index in [1.165, 1.54) is 23.1 Å². The second-order valence-electron chi connectivity index (χ2n) is 3.64. The molecular formula is C12H9N3OS2. The molecule has 0 saturated heterocycles. The Bertz CT molecular complexity index is 703. The van der Waals surface area contributed by atoms with Crippen molar-refractivity contribution in [1.82, 2.24) is 9.97 Å².